The molecule has 0 aliphatic carbocycles. The molecule has 1 fully saturated rings. The molecular weight excluding hydrogens is 231 g/mol. The second kappa shape index (κ2) is 4.29. The molecule has 86 valence electrons. The minimum atomic E-state index is -0.909. The van der Waals surface area contributed by atoms with Crippen LogP contribution in [-0.4, -0.2) is 30.1 Å². The first-order valence-electron chi connectivity index (χ1n) is 5.06. The van der Waals surface area contributed by atoms with E-state index in [9.17, 15) is 9.18 Å². The minimum absolute atomic E-state index is 0.167. The topological polar surface area (TPSA) is 46.3 Å². The molecule has 1 aromatic rings. The van der Waals surface area contributed by atoms with Crippen LogP contribution in [0.5, 0.6) is 0 Å². The molecule has 1 saturated heterocycles. The zero-order chi connectivity index (χ0) is 11.7. The number of nitrogens with zero attached hydrogens (tertiary/aromatic N) is 1. The highest BCUT2D eigenvalue weighted by Gasteiger charge is 2.26. The molecule has 1 heterocycles. The summed E-state index contributed by atoms with van der Waals surface area (Å²) in [6, 6.07) is 4.71. The lowest BCUT2D eigenvalue weighted by Gasteiger charge is -2.15. The van der Waals surface area contributed by atoms with Crippen molar-refractivity contribution in [3.05, 3.63) is 28.8 Å². The number of anilines is 1. The maximum absolute atomic E-state index is 13.0. The van der Waals surface area contributed by atoms with Crippen LogP contribution in [0.2, 0.25) is 5.02 Å². The van der Waals surface area contributed by atoms with Crippen LogP contribution in [0.15, 0.2) is 18.2 Å². The maximum Gasteiger partial charge on any atom is 0.254 e. The number of likely N-dealkylation sites (tertiary alicyclic amines) is 1. The Bertz CT molecular complexity index is 424. The average molecular weight is 243 g/mol. The highest BCUT2D eigenvalue weighted by atomic mass is 35.5. The number of rotatable bonds is 1. The van der Waals surface area contributed by atoms with Crippen molar-refractivity contribution >= 4 is 23.2 Å². The molecule has 3 nitrogen and oxygen atoms in total. The molecule has 0 radical (unpaired) electrons. The van der Waals surface area contributed by atoms with E-state index in [4.69, 9.17) is 17.3 Å². The molecule has 16 heavy (non-hydrogen) atoms. The third-order valence-corrected chi connectivity index (χ3v) is 2.99. The van der Waals surface area contributed by atoms with Gasteiger partial charge >= 0.3 is 0 Å². The van der Waals surface area contributed by atoms with Gasteiger partial charge in [0.15, 0.2) is 0 Å². The Morgan fingerprint density at radius 2 is 2.31 bits per heavy atom. The third-order valence-electron chi connectivity index (χ3n) is 2.67. The van der Waals surface area contributed by atoms with Crippen molar-refractivity contribution in [2.45, 2.75) is 12.6 Å². The van der Waals surface area contributed by atoms with Crippen molar-refractivity contribution in [2.75, 3.05) is 18.8 Å². The molecular formula is C11H12ClFN2O. The van der Waals surface area contributed by atoms with Crippen molar-refractivity contribution in [1.29, 1.82) is 0 Å². The summed E-state index contributed by atoms with van der Waals surface area (Å²) < 4.78 is 13.0. The van der Waals surface area contributed by atoms with Gasteiger partial charge in [-0.05, 0) is 24.6 Å². The highest BCUT2D eigenvalue weighted by Crippen LogP contribution is 2.22. The minimum Gasteiger partial charge on any atom is -0.398 e. The van der Waals surface area contributed by atoms with E-state index < -0.39 is 6.17 Å². The number of nitrogen functional groups attached to an aromatic ring is 1. The monoisotopic (exact) mass is 242 g/mol. The molecule has 0 saturated carbocycles. The van der Waals surface area contributed by atoms with E-state index in [1.807, 2.05) is 0 Å². The zero-order valence-corrected chi connectivity index (χ0v) is 9.38. The van der Waals surface area contributed by atoms with Gasteiger partial charge in [0, 0.05) is 12.1 Å². The Hall–Kier alpha value is -1.29. The Morgan fingerprint density at radius 1 is 1.56 bits per heavy atom. The Kier molecular flexibility index (Phi) is 3.01. The third kappa shape index (κ3) is 2.11. The number of amides is 1. The summed E-state index contributed by atoms with van der Waals surface area (Å²) in [6.45, 7) is 0.628. The van der Waals surface area contributed by atoms with Crippen molar-refractivity contribution in [3.63, 3.8) is 0 Å². The number of halogens is 2. The Morgan fingerprint density at radius 3 is 2.88 bits per heavy atom. The van der Waals surface area contributed by atoms with Crippen molar-refractivity contribution in [2.24, 2.45) is 0 Å². The maximum atomic E-state index is 13.0. The number of alkyl halides is 1. The van der Waals surface area contributed by atoms with Gasteiger partial charge < -0.3 is 10.6 Å². The smallest absolute Gasteiger partial charge is 0.254 e. The van der Waals surface area contributed by atoms with Gasteiger partial charge in [-0.3, -0.25) is 4.79 Å². The fourth-order valence-electron chi connectivity index (χ4n) is 1.74. The fraction of sp³-hybridized carbons (Fsp3) is 0.364. The summed E-state index contributed by atoms with van der Waals surface area (Å²) in [5.41, 5.74) is 6.43. The predicted octanol–water partition coefficient (Wildman–Crippen LogP) is 2.11. The first kappa shape index (κ1) is 11.2. The van der Waals surface area contributed by atoms with Crippen LogP contribution >= 0.6 is 11.6 Å². The molecule has 2 rings (SSSR count). The normalized spacial score (nSPS) is 20.1. The number of nitrogens with two attached hydrogens (primary N) is 1. The number of hydrogen-bond donors (Lipinski definition) is 1. The molecule has 1 aromatic carbocycles. The van der Waals surface area contributed by atoms with Gasteiger partial charge in [0.2, 0.25) is 0 Å². The van der Waals surface area contributed by atoms with Crippen LogP contribution in [0, 0.1) is 0 Å². The number of benzene rings is 1. The average Bonchev–Trinajstić information content (AvgIpc) is 2.68. The summed E-state index contributed by atoms with van der Waals surface area (Å²) in [6.07, 6.45) is -0.498. The second-order valence-corrected chi connectivity index (χ2v) is 4.28. The Balaban J connectivity index is 2.18. The number of hydrogen-bond acceptors (Lipinski definition) is 2. The SMILES string of the molecule is Nc1ccc(C(=O)N2CC[C@H](F)C2)cc1Cl. The summed E-state index contributed by atoms with van der Waals surface area (Å²) in [7, 11) is 0. The molecule has 0 aromatic heterocycles. The summed E-state index contributed by atoms with van der Waals surface area (Å²) in [4.78, 5) is 13.4. The van der Waals surface area contributed by atoms with Crippen LogP contribution in [0.25, 0.3) is 0 Å². The van der Waals surface area contributed by atoms with Crippen LogP contribution in [0.1, 0.15) is 16.8 Å². The van der Waals surface area contributed by atoms with Crippen LogP contribution in [-0.2, 0) is 0 Å². The summed E-state index contributed by atoms with van der Waals surface area (Å²) in [5, 5.41) is 0.349. The standard InChI is InChI=1S/C11H12ClFN2O/c12-9-5-7(1-2-10(9)14)11(16)15-4-3-8(13)6-15/h1-2,5,8H,3-4,6,14H2/t8-/m0/s1. The molecule has 0 unspecified atom stereocenters. The fourth-order valence-corrected chi connectivity index (χ4v) is 1.93. The largest absolute Gasteiger partial charge is 0.398 e. The summed E-state index contributed by atoms with van der Waals surface area (Å²) >= 11 is 5.82. The molecule has 1 aliphatic heterocycles. The molecule has 1 amide bonds. The molecule has 1 aliphatic rings. The van der Waals surface area contributed by atoms with Gasteiger partial charge in [-0.1, -0.05) is 11.6 Å². The van der Waals surface area contributed by atoms with E-state index >= 15 is 0 Å². The van der Waals surface area contributed by atoms with Gasteiger partial charge in [0.05, 0.1) is 17.3 Å². The molecule has 5 heteroatoms. The zero-order valence-electron chi connectivity index (χ0n) is 8.62. The number of carbonyl (C=O) groups excluding carboxylic acids is 1. The predicted molar refractivity (Wildman–Crippen MR) is 61.3 cm³/mol. The van der Waals surface area contributed by atoms with Gasteiger partial charge in [-0.2, -0.15) is 0 Å². The quantitative estimate of drug-likeness (QED) is 0.767. The van der Waals surface area contributed by atoms with Crippen molar-refractivity contribution < 1.29 is 9.18 Å². The lowest BCUT2D eigenvalue weighted by Crippen LogP contribution is -2.28. The van der Waals surface area contributed by atoms with Crippen LogP contribution in [0.3, 0.4) is 0 Å². The van der Waals surface area contributed by atoms with E-state index in [1.165, 1.54) is 11.0 Å². The van der Waals surface area contributed by atoms with Crippen LogP contribution in [0.4, 0.5) is 10.1 Å². The first-order valence-corrected chi connectivity index (χ1v) is 5.44. The van der Waals surface area contributed by atoms with Crippen LogP contribution < -0.4 is 5.73 Å². The van der Waals surface area contributed by atoms with E-state index in [-0.39, 0.29) is 12.5 Å². The van der Waals surface area contributed by atoms with E-state index in [2.05, 4.69) is 0 Å². The lowest BCUT2D eigenvalue weighted by atomic mass is 10.2. The second-order valence-electron chi connectivity index (χ2n) is 3.87. The lowest BCUT2D eigenvalue weighted by molar-refractivity contribution is 0.0783. The summed E-state index contributed by atoms with van der Waals surface area (Å²) in [5.74, 6) is -0.193. The van der Waals surface area contributed by atoms with Crippen molar-refractivity contribution in [3.8, 4) is 0 Å². The van der Waals surface area contributed by atoms with Gasteiger partial charge in [0.25, 0.3) is 5.91 Å². The van der Waals surface area contributed by atoms with E-state index in [0.29, 0.717) is 29.2 Å². The van der Waals surface area contributed by atoms with E-state index in [1.54, 1.807) is 12.1 Å². The van der Waals surface area contributed by atoms with Gasteiger partial charge in [-0.15, -0.1) is 0 Å². The number of carbonyl (C=O) groups is 1. The van der Waals surface area contributed by atoms with Crippen molar-refractivity contribution in [1.82, 2.24) is 4.90 Å². The molecule has 0 spiro atoms. The Labute approximate surface area is 98.0 Å². The highest BCUT2D eigenvalue weighted by molar-refractivity contribution is 6.33. The van der Waals surface area contributed by atoms with Gasteiger partial charge in [-0.25, -0.2) is 4.39 Å². The molecule has 2 N–H and O–H groups in total. The molecule has 0 bridgehead atoms. The van der Waals surface area contributed by atoms with E-state index in [0.717, 1.165) is 0 Å². The first-order chi connectivity index (χ1) is 7.58. The van der Waals surface area contributed by atoms with Gasteiger partial charge in [0.1, 0.15) is 6.17 Å². The molecule has 1 atom stereocenters.